The second kappa shape index (κ2) is 7.42. The first-order chi connectivity index (χ1) is 8.65. The summed E-state index contributed by atoms with van der Waals surface area (Å²) in [6.45, 7) is 4.82. The van der Waals surface area contributed by atoms with Gasteiger partial charge in [0.25, 0.3) is 0 Å². The maximum Gasteiger partial charge on any atom is 0.314 e. The van der Waals surface area contributed by atoms with E-state index in [1.165, 1.54) is 0 Å². The molecule has 1 atom stereocenters. The Morgan fingerprint density at radius 3 is 2.72 bits per heavy atom. The van der Waals surface area contributed by atoms with Gasteiger partial charge >= 0.3 is 6.03 Å². The van der Waals surface area contributed by atoms with Gasteiger partial charge < -0.3 is 20.1 Å². The standard InChI is InChI=1S/C13H20N2O3/c1-4-14-13(16)15-9-10(2)18-12-7-5-6-11(8-12)17-3/h5-8,10H,4,9H2,1-3H3,(H2,14,15,16)/t10-/m0/s1. The van der Waals surface area contributed by atoms with Crippen molar-refractivity contribution in [2.45, 2.75) is 20.0 Å². The highest BCUT2D eigenvalue weighted by atomic mass is 16.5. The molecular weight excluding hydrogens is 232 g/mol. The Hall–Kier alpha value is -1.91. The van der Waals surface area contributed by atoms with Crippen LogP contribution in [0, 0.1) is 0 Å². The predicted molar refractivity (Wildman–Crippen MR) is 70.2 cm³/mol. The minimum atomic E-state index is -0.182. The summed E-state index contributed by atoms with van der Waals surface area (Å²) in [5.74, 6) is 1.47. The fourth-order valence-electron chi connectivity index (χ4n) is 1.41. The lowest BCUT2D eigenvalue weighted by Crippen LogP contribution is -2.40. The van der Waals surface area contributed by atoms with Crippen LogP contribution in [-0.4, -0.2) is 32.3 Å². The van der Waals surface area contributed by atoms with Crippen molar-refractivity contribution in [2.24, 2.45) is 0 Å². The molecule has 0 radical (unpaired) electrons. The largest absolute Gasteiger partial charge is 0.497 e. The molecule has 5 nitrogen and oxygen atoms in total. The van der Waals surface area contributed by atoms with Gasteiger partial charge in [-0.25, -0.2) is 4.79 Å². The van der Waals surface area contributed by atoms with E-state index in [2.05, 4.69) is 10.6 Å². The highest BCUT2D eigenvalue weighted by Crippen LogP contribution is 2.19. The fraction of sp³-hybridized carbons (Fsp3) is 0.462. The van der Waals surface area contributed by atoms with Crippen molar-refractivity contribution in [3.63, 3.8) is 0 Å². The third-order valence-corrected chi connectivity index (χ3v) is 2.27. The fourth-order valence-corrected chi connectivity index (χ4v) is 1.41. The maximum absolute atomic E-state index is 11.2. The maximum atomic E-state index is 11.2. The SMILES string of the molecule is CCNC(=O)NC[C@H](C)Oc1cccc(OC)c1. The molecule has 2 amide bonds. The summed E-state index contributed by atoms with van der Waals surface area (Å²) < 4.78 is 10.8. The van der Waals surface area contributed by atoms with Gasteiger partial charge in [-0.15, -0.1) is 0 Å². The molecule has 0 aromatic heterocycles. The minimum Gasteiger partial charge on any atom is -0.497 e. The number of nitrogens with one attached hydrogen (secondary N) is 2. The van der Waals surface area contributed by atoms with E-state index in [1.54, 1.807) is 7.11 Å². The first-order valence-corrected chi connectivity index (χ1v) is 5.98. The van der Waals surface area contributed by atoms with E-state index in [0.717, 1.165) is 11.5 Å². The molecule has 100 valence electrons. The smallest absolute Gasteiger partial charge is 0.314 e. The van der Waals surface area contributed by atoms with E-state index in [9.17, 15) is 4.79 Å². The molecule has 1 rings (SSSR count). The van der Waals surface area contributed by atoms with Crippen LogP contribution in [0.3, 0.4) is 0 Å². The van der Waals surface area contributed by atoms with E-state index < -0.39 is 0 Å². The van der Waals surface area contributed by atoms with Crippen molar-refractivity contribution in [2.75, 3.05) is 20.2 Å². The number of carbonyl (C=O) groups excluding carboxylic acids is 1. The van der Waals surface area contributed by atoms with Gasteiger partial charge in [0, 0.05) is 12.6 Å². The van der Waals surface area contributed by atoms with Crippen molar-refractivity contribution in [1.29, 1.82) is 0 Å². The van der Waals surface area contributed by atoms with Crippen LogP contribution in [-0.2, 0) is 0 Å². The number of benzene rings is 1. The van der Waals surface area contributed by atoms with Crippen LogP contribution in [0.25, 0.3) is 0 Å². The second-order valence-electron chi connectivity index (χ2n) is 3.85. The highest BCUT2D eigenvalue weighted by Gasteiger charge is 2.06. The van der Waals surface area contributed by atoms with Gasteiger partial charge in [-0.2, -0.15) is 0 Å². The van der Waals surface area contributed by atoms with Crippen molar-refractivity contribution in [3.8, 4) is 11.5 Å². The van der Waals surface area contributed by atoms with Gasteiger partial charge in [-0.3, -0.25) is 0 Å². The Morgan fingerprint density at radius 2 is 2.06 bits per heavy atom. The molecule has 0 spiro atoms. The zero-order chi connectivity index (χ0) is 13.4. The molecule has 0 bridgehead atoms. The molecule has 0 aliphatic heterocycles. The monoisotopic (exact) mass is 252 g/mol. The number of hydrogen-bond acceptors (Lipinski definition) is 3. The average Bonchev–Trinajstić information content (AvgIpc) is 2.37. The average molecular weight is 252 g/mol. The van der Waals surface area contributed by atoms with Gasteiger partial charge in [0.1, 0.15) is 17.6 Å². The normalized spacial score (nSPS) is 11.5. The zero-order valence-corrected chi connectivity index (χ0v) is 11.0. The number of ether oxygens (including phenoxy) is 2. The lowest BCUT2D eigenvalue weighted by atomic mass is 10.3. The summed E-state index contributed by atoms with van der Waals surface area (Å²) in [6.07, 6.45) is -0.111. The third kappa shape index (κ3) is 4.95. The third-order valence-electron chi connectivity index (χ3n) is 2.27. The van der Waals surface area contributed by atoms with Crippen molar-refractivity contribution in [3.05, 3.63) is 24.3 Å². The Labute approximate surface area is 107 Å². The van der Waals surface area contributed by atoms with Gasteiger partial charge in [0.05, 0.1) is 13.7 Å². The summed E-state index contributed by atoms with van der Waals surface area (Å²) >= 11 is 0. The van der Waals surface area contributed by atoms with Crippen LogP contribution in [0.1, 0.15) is 13.8 Å². The number of methoxy groups -OCH3 is 1. The molecule has 0 unspecified atom stereocenters. The van der Waals surface area contributed by atoms with E-state index in [1.807, 2.05) is 38.1 Å². The van der Waals surface area contributed by atoms with Crippen LogP contribution >= 0.6 is 0 Å². The topological polar surface area (TPSA) is 59.6 Å². The van der Waals surface area contributed by atoms with Gasteiger partial charge in [0.15, 0.2) is 0 Å². The van der Waals surface area contributed by atoms with Crippen LogP contribution in [0.4, 0.5) is 4.79 Å². The van der Waals surface area contributed by atoms with Crippen LogP contribution in [0.2, 0.25) is 0 Å². The Bertz CT molecular complexity index is 382. The predicted octanol–water partition coefficient (Wildman–Crippen LogP) is 1.78. The van der Waals surface area contributed by atoms with E-state index in [4.69, 9.17) is 9.47 Å². The number of amides is 2. The van der Waals surface area contributed by atoms with Crippen LogP contribution in [0.15, 0.2) is 24.3 Å². The van der Waals surface area contributed by atoms with Crippen molar-refractivity contribution < 1.29 is 14.3 Å². The number of hydrogen-bond donors (Lipinski definition) is 2. The molecule has 0 saturated carbocycles. The lowest BCUT2D eigenvalue weighted by Gasteiger charge is -2.16. The molecule has 0 fully saturated rings. The minimum absolute atomic E-state index is 0.111. The molecule has 1 aromatic carbocycles. The Morgan fingerprint density at radius 1 is 1.33 bits per heavy atom. The first kappa shape index (κ1) is 14.2. The number of urea groups is 1. The highest BCUT2D eigenvalue weighted by molar-refractivity contribution is 5.73. The molecular formula is C13H20N2O3. The van der Waals surface area contributed by atoms with E-state index in [-0.39, 0.29) is 12.1 Å². The molecule has 0 heterocycles. The molecule has 1 aromatic rings. The van der Waals surface area contributed by atoms with Gasteiger partial charge in [-0.05, 0) is 26.0 Å². The quantitative estimate of drug-likeness (QED) is 0.811. The van der Waals surface area contributed by atoms with Crippen LogP contribution in [0.5, 0.6) is 11.5 Å². The second-order valence-corrected chi connectivity index (χ2v) is 3.85. The van der Waals surface area contributed by atoms with Gasteiger partial charge in [-0.1, -0.05) is 6.07 Å². The summed E-state index contributed by atoms with van der Waals surface area (Å²) in [5, 5.41) is 5.38. The molecule has 0 aliphatic carbocycles. The number of carbonyl (C=O) groups is 1. The molecule has 0 aliphatic rings. The molecule has 5 heteroatoms. The van der Waals surface area contributed by atoms with E-state index in [0.29, 0.717) is 13.1 Å². The lowest BCUT2D eigenvalue weighted by molar-refractivity contribution is 0.207. The van der Waals surface area contributed by atoms with Crippen LogP contribution < -0.4 is 20.1 Å². The van der Waals surface area contributed by atoms with E-state index >= 15 is 0 Å². The summed E-state index contributed by atoms with van der Waals surface area (Å²) in [6, 6.07) is 7.19. The Balaban J connectivity index is 2.39. The first-order valence-electron chi connectivity index (χ1n) is 5.98. The summed E-state index contributed by atoms with van der Waals surface area (Å²) in [5.41, 5.74) is 0. The van der Waals surface area contributed by atoms with Gasteiger partial charge in [0.2, 0.25) is 0 Å². The molecule has 18 heavy (non-hydrogen) atoms. The summed E-state index contributed by atoms with van der Waals surface area (Å²) in [7, 11) is 1.61. The molecule has 0 saturated heterocycles. The Kier molecular flexibility index (Phi) is 5.84. The number of rotatable bonds is 6. The van der Waals surface area contributed by atoms with Crippen molar-refractivity contribution in [1.82, 2.24) is 10.6 Å². The molecule has 2 N–H and O–H groups in total. The van der Waals surface area contributed by atoms with Crippen molar-refractivity contribution >= 4 is 6.03 Å². The summed E-state index contributed by atoms with van der Waals surface area (Å²) in [4.78, 5) is 11.2. The zero-order valence-electron chi connectivity index (χ0n) is 11.0.